The van der Waals surface area contributed by atoms with Crippen molar-refractivity contribution < 1.29 is 10.2 Å². The molecule has 0 heterocycles. The number of fused-ring (bicyclic) bond motifs is 5. The molecule has 29 heavy (non-hydrogen) atoms. The van der Waals surface area contributed by atoms with Crippen LogP contribution in [0.5, 0.6) is 0 Å². The van der Waals surface area contributed by atoms with Gasteiger partial charge in [0, 0.05) is 16.4 Å². The topological polar surface area (TPSA) is 40.5 Å². The van der Waals surface area contributed by atoms with E-state index in [1.165, 1.54) is 12.0 Å². The van der Waals surface area contributed by atoms with Crippen molar-refractivity contribution in [3.8, 4) is 11.8 Å². The monoisotopic (exact) mass is 434 g/mol. The molecule has 0 bridgehead atoms. The van der Waals surface area contributed by atoms with E-state index in [-0.39, 0.29) is 28.1 Å². The zero-order valence-electron chi connectivity index (χ0n) is 18.2. The van der Waals surface area contributed by atoms with Crippen LogP contribution in [0, 0.1) is 46.3 Å². The van der Waals surface area contributed by atoms with Gasteiger partial charge in [-0.05, 0) is 87.4 Å². The maximum Gasteiger partial charge on any atom is 0.133 e. The molecule has 162 valence electrons. The SMILES string of the molecule is CC#CC1(O)C(C)C[C@H]2[C@@H]3CCC4=CC(O)CC[C@]4(CC(S)CS)[C@@H]3CC[C@@]21C. The molecule has 2 nitrogen and oxygen atoms in total. The largest absolute Gasteiger partial charge is 0.389 e. The van der Waals surface area contributed by atoms with Crippen LogP contribution in [-0.4, -0.2) is 32.9 Å². The van der Waals surface area contributed by atoms with Crippen LogP contribution in [0.2, 0.25) is 0 Å². The Hall–Kier alpha value is -0.0800. The van der Waals surface area contributed by atoms with E-state index in [1.54, 1.807) is 0 Å². The molecule has 4 rings (SSSR count). The summed E-state index contributed by atoms with van der Waals surface area (Å²) >= 11 is 9.41. The fraction of sp³-hybridized carbons (Fsp3) is 0.840. The Kier molecular flexibility index (Phi) is 5.95. The fourth-order valence-corrected chi connectivity index (χ4v) is 8.63. The highest BCUT2D eigenvalue weighted by Crippen LogP contribution is 2.69. The Morgan fingerprint density at radius 3 is 2.69 bits per heavy atom. The van der Waals surface area contributed by atoms with E-state index >= 15 is 0 Å². The Bertz CT molecular complexity index is 739. The highest BCUT2D eigenvalue weighted by atomic mass is 32.1. The molecule has 3 saturated carbocycles. The molecule has 0 spiro atoms. The fourth-order valence-electron chi connectivity index (χ4n) is 8.17. The van der Waals surface area contributed by atoms with Gasteiger partial charge in [-0.2, -0.15) is 25.3 Å². The predicted octanol–water partition coefficient (Wildman–Crippen LogP) is 4.91. The van der Waals surface area contributed by atoms with Gasteiger partial charge in [-0.3, -0.25) is 0 Å². The number of hydrogen-bond donors (Lipinski definition) is 4. The van der Waals surface area contributed by atoms with E-state index < -0.39 is 5.60 Å². The van der Waals surface area contributed by atoms with E-state index in [2.05, 4.69) is 44.4 Å². The lowest BCUT2D eigenvalue weighted by atomic mass is 9.45. The summed E-state index contributed by atoms with van der Waals surface area (Å²) in [5, 5.41) is 22.3. The summed E-state index contributed by atoms with van der Waals surface area (Å²) in [5.41, 5.74) is 0.688. The van der Waals surface area contributed by atoms with Crippen LogP contribution in [-0.2, 0) is 0 Å². The van der Waals surface area contributed by atoms with Gasteiger partial charge in [0.25, 0.3) is 0 Å². The quantitative estimate of drug-likeness (QED) is 0.290. The Balaban J connectivity index is 1.73. The zero-order valence-corrected chi connectivity index (χ0v) is 20.0. The van der Waals surface area contributed by atoms with Crippen LogP contribution >= 0.6 is 25.3 Å². The Morgan fingerprint density at radius 2 is 2.00 bits per heavy atom. The zero-order chi connectivity index (χ0) is 21.0. The first-order valence-electron chi connectivity index (χ1n) is 11.6. The number of allylic oxidation sites excluding steroid dienone is 1. The number of thiol groups is 2. The van der Waals surface area contributed by atoms with Gasteiger partial charge < -0.3 is 10.2 Å². The summed E-state index contributed by atoms with van der Waals surface area (Å²) in [5.74, 6) is 9.12. The molecule has 3 fully saturated rings. The van der Waals surface area contributed by atoms with Crippen LogP contribution < -0.4 is 0 Å². The second kappa shape index (κ2) is 7.80. The van der Waals surface area contributed by atoms with Gasteiger partial charge >= 0.3 is 0 Å². The summed E-state index contributed by atoms with van der Waals surface area (Å²) < 4.78 is 0. The molecule has 4 unspecified atom stereocenters. The molecule has 0 aromatic heterocycles. The number of rotatable bonds is 3. The second-order valence-corrected chi connectivity index (χ2v) is 11.7. The summed E-state index contributed by atoms with van der Waals surface area (Å²) in [6.07, 6.45) is 10.5. The lowest BCUT2D eigenvalue weighted by Crippen LogP contribution is -2.56. The van der Waals surface area contributed by atoms with Gasteiger partial charge in [-0.15, -0.1) is 5.92 Å². The minimum atomic E-state index is -0.861. The molecule has 4 heteroatoms. The molecular formula is C25H38O2S2. The maximum absolute atomic E-state index is 11.7. The molecule has 9 atom stereocenters. The van der Waals surface area contributed by atoms with Gasteiger partial charge in [-0.25, -0.2) is 0 Å². The molecule has 4 aliphatic rings. The third-order valence-electron chi connectivity index (χ3n) is 9.52. The van der Waals surface area contributed by atoms with Crippen LogP contribution in [0.1, 0.15) is 72.1 Å². The van der Waals surface area contributed by atoms with E-state index in [9.17, 15) is 10.2 Å². The Labute approximate surface area is 188 Å². The van der Waals surface area contributed by atoms with Crippen molar-refractivity contribution in [1.29, 1.82) is 0 Å². The highest BCUT2D eigenvalue weighted by molar-refractivity contribution is 7.84. The van der Waals surface area contributed by atoms with Crippen molar-refractivity contribution in [3.05, 3.63) is 11.6 Å². The molecule has 0 aromatic rings. The van der Waals surface area contributed by atoms with E-state index in [4.69, 9.17) is 12.6 Å². The first-order chi connectivity index (χ1) is 13.7. The lowest BCUT2D eigenvalue weighted by molar-refractivity contribution is -0.112. The smallest absolute Gasteiger partial charge is 0.133 e. The van der Waals surface area contributed by atoms with E-state index in [1.807, 2.05) is 6.92 Å². The number of aliphatic hydroxyl groups is 2. The van der Waals surface area contributed by atoms with Crippen molar-refractivity contribution in [2.75, 3.05) is 5.75 Å². The number of hydrogen-bond acceptors (Lipinski definition) is 4. The van der Waals surface area contributed by atoms with Crippen molar-refractivity contribution in [3.63, 3.8) is 0 Å². The molecule has 0 amide bonds. The number of aliphatic hydroxyl groups excluding tert-OH is 1. The first kappa shape index (κ1) is 22.1. The van der Waals surface area contributed by atoms with E-state index in [0.717, 1.165) is 50.7 Å². The first-order valence-corrected chi connectivity index (χ1v) is 12.7. The summed E-state index contributed by atoms with van der Waals surface area (Å²) in [6.45, 7) is 6.38. The minimum absolute atomic E-state index is 0.114. The van der Waals surface area contributed by atoms with Crippen LogP contribution in [0.4, 0.5) is 0 Å². The Morgan fingerprint density at radius 1 is 1.24 bits per heavy atom. The van der Waals surface area contributed by atoms with Crippen LogP contribution in [0.3, 0.4) is 0 Å². The second-order valence-electron chi connectivity index (χ2n) is 10.6. The molecule has 0 saturated heterocycles. The summed E-state index contributed by atoms with van der Waals surface area (Å²) in [4.78, 5) is 0. The van der Waals surface area contributed by atoms with Crippen molar-refractivity contribution in [1.82, 2.24) is 0 Å². The van der Waals surface area contributed by atoms with Gasteiger partial charge in [0.15, 0.2) is 0 Å². The predicted molar refractivity (Wildman–Crippen MR) is 126 cm³/mol. The summed E-state index contributed by atoms with van der Waals surface area (Å²) in [6, 6.07) is 0. The molecule has 0 aromatic carbocycles. The molecule has 0 aliphatic heterocycles. The van der Waals surface area contributed by atoms with Crippen LogP contribution in [0.15, 0.2) is 11.6 Å². The van der Waals surface area contributed by atoms with Gasteiger partial charge in [-0.1, -0.05) is 31.4 Å². The molecule has 4 aliphatic carbocycles. The molecule has 2 N–H and O–H groups in total. The molecular weight excluding hydrogens is 396 g/mol. The average molecular weight is 435 g/mol. The van der Waals surface area contributed by atoms with E-state index in [0.29, 0.717) is 17.8 Å². The minimum Gasteiger partial charge on any atom is -0.389 e. The molecule has 0 radical (unpaired) electrons. The highest BCUT2D eigenvalue weighted by Gasteiger charge is 2.66. The normalized spacial score (nSPS) is 49.8. The van der Waals surface area contributed by atoms with Gasteiger partial charge in [0.2, 0.25) is 0 Å². The summed E-state index contributed by atoms with van der Waals surface area (Å²) in [7, 11) is 0. The third kappa shape index (κ3) is 3.17. The average Bonchev–Trinajstić information content (AvgIpc) is 2.89. The van der Waals surface area contributed by atoms with Crippen molar-refractivity contribution in [2.45, 2.75) is 89.1 Å². The third-order valence-corrected chi connectivity index (χ3v) is 10.6. The van der Waals surface area contributed by atoms with Gasteiger partial charge in [0.05, 0.1) is 6.10 Å². The van der Waals surface area contributed by atoms with Gasteiger partial charge in [0.1, 0.15) is 5.60 Å². The van der Waals surface area contributed by atoms with Crippen LogP contribution in [0.25, 0.3) is 0 Å². The maximum atomic E-state index is 11.7. The lowest BCUT2D eigenvalue weighted by Gasteiger charge is -2.60. The standard InChI is InChI=1S/C25H38O2S2/c1-4-9-25(27)16(2)12-22-20-6-5-17-13-18(26)7-11-24(17,14-19(29)15-28)21(20)8-10-23(22,25)3/h13,16,18-22,26-29H,5-8,10-12,14-15H2,1-3H3/t16?,18?,19?,20-,21-,22+,23+,24-,25?/m1/s1. The van der Waals surface area contributed by atoms with Crippen molar-refractivity contribution in [2.24, 2.45) is 34.5 Å². The van der Waals surface area contributed by atoms with Crippen molar-refractivity contribution >= 4 is 25.3 Å².